The number of aliphatic hydroxyl groups is 5. The van der Waals surface area contributed by atoms with Gasteiger partial charge in [-0.1, -0.05) is 0 Å². The van der Waals surface area contributed by atoms with E-state index in [-0.39, 0.29) is 88.7 Å². The monoisotopic (exact) mass is 504 g/mol. The number of hydrogen-bond acceptors (Lipinski definition) is 14. The molecule has 152 valence electrons. The van der Waals surface area contributed by atoms with Crippen molar-refractivity contribution in [1.29, 1.82) is 0 Å². The van der Waals surface area contributed by atoms with Gasteiger partial charge in [-0.05, 0) is 0 Å². The van der Waals surface area contributed by atoms with Crippen molar-refractivity contribution in [2.45, 2.75) is 18.3 Å². The molecule has 0 aliphatic rings. The summed E-state index contributed by atoms with van der Waals surface area (Å²) < 4.78 is 35.3. The Kier molecular flexibility index (Phi) is 26.9. The van der Waals surface area contributed by atoms with Crippen LogP contribution < -0.4 is 103 Å². The van der Waals surface area contributed by atoms with Crippen LogP contribution in [-0.4, -0.2) is 72.6 Å². The van der Waals surface area contributed by atoms with Gasteiger partial charge in [0.25, 0.3) is 7.82 Å². The number of carbonyl (C=O) groups is 1. The normalized spacial score (nSPS) is 16.4. The molecule has 4 atom stereocenters. The summed E-state index contributed by atoms with van der Waals surface area (Å²) in [5.41, 5.74) is 0. The third kappa shape index (κ3) is 23.5. The second-order valence-electron chi connectivity index (χ2n) is 3.86. The maximum atomic E-state index is 10.5. The van der Waals surface area contributed by atoms with E-state index >= 15 is 0 Å². The standard InChI is InChI=1S/C6H12O6.3Na.H5O10P3/c7-1-3(9)5(11)6(12)4(10)2-8;;;;1-11(2,3)9-13(7,8)10-12(4,5)6/h3,5-9,11-12H,1-2H2;;;;(H,7,8)(H2,1,2,3)(H2,4,5,6)/q;3*+1;/p-3/t3-,5-,6-;;;;/m1..../s1. The fraction of sp³-hybridized carbons (Fsp3) is 0.833. The van der Waals surface area contributed by atoms with Crippen molar-refractivity contribution < 1.29 is 166 Å². The molecule has 1 unspecified atom stereocenters. The predicted molar refractivity (Wildman–Crippen MR) is 66.6 cm³/mol. The van der Waals surface area contributed by atoms with Crippen molar-refractivity contribution >= 4 is 29.3 Å². The second-order valence-corrected chi connectivity index (χ2v) is 7.93. The minimum absolute atomic E-state index is 0. The summed E-state index contributed by atoms with van der Waals surface area (Å²) in [6.07, 6.45) is -5.22. The summed E-state index contributed by atoms with van der Waals surface area (Å²) in [4.78, 5) is 55.8. The van der Waals surface area contributed by atoms with Crippen molar-refractivity contribution in [2.75, 3.05) is 13.2 Å². The van der Waals surface area contributed by atoms with E-state index in [1.54, 1.807) is 0 Å². The van der Waals surface area contributed by atoms with E-state index in [2.05, 4.69) is 8.62 Å². The molecule has 0 aliphatic carbocycles. The molecule has 7 N–H and O–H groups in total. The number of aliphatic hydroxyl groups excluding tert-OH is 5. The van der Waals surface area contributed by atoms with Crippen molar-refractivity contribution in [1.82, 2.24) is 0 Å². The first-order chi connectivity index (χ1) is 11.0. The molecule has 0 amide bonds. The first kappa shape index (κ1) is 41.2. The molecule has 0 aromatic heterocycles. The van der Waals surface area contributed by atoms with Crippen LogP contribution in [-0.2, 0) is 27.1 Å². The fourth-order valence-corrected chi connectivity index (χ4v) is 3.28. The largest absolute Gasteiger partial charge is 1.00 e. The van der Waals surface area contributed by atoms with E-state index in [4.69, 9.17) is 35.3 Å². The van der Waals surface area contributed by atoms with Crippen LogP contribution in [0, 0.1) is 0 Å². The van der Waals surface area contributed by atoms with Crippen LogP contribution in [0.1, 0.15) is 0 Å². The number of ketones is 1. The van der Waals surface area contributed by atoms with E-state index in [9.17, 15) is 33.2 Å². The summed E-state index contributed by atoms with van der Waals surface area (Å²) in [6.45, 7) is -1.69. The number of rotatable bonds is 9. The molecule has 0 radical (unpaired) electrons. The van der Waals surface area contributed by atoms with Crippen molar-refractivity contribution in [3.05, 3.63) is 0 Å². The van der Waals surface area contributed by atoms with Gasteiger partial charge in [0.1, 0.15) is 24.9 Å². The van der Waals surface area contributed by atoms with Gasteiger partial charge in [-0.3, -0.25) is 13.7 Å². The van der Waals surface area contributed by atoms with Gasteiger partial charge in [0.05, 0.1) is 14.4 Å². The van der Waals surface area contributed by atoms with Gasteiger partial charge in [0, 0.05) is 0 Å². The van der Waals surface area contributed by atoms with Gasteiger partial charge in [-0.15, -0.1) is 0 Å². The van der Waals surface area contributed by atoms with Crippen LogP contribution in [0.2, 0.25) is 0 Å². The zero-order valence-corrected chi connectivity index (χ0v) is 23.5. The minimum atomic E-state index is -5.92. The number of Topliss-reactive ketones (excluding diaryl/α,β-unsaturated/α-hetero) is 1. The molecule has 16 nitrogen and oxygen atoms in total. The maximum Gasteiger partial charge on any atom is 1.00 e. The fourth-order valence-electron chi connectivity index (χ4n) is 0.870. The molecule has 0 aliphatic heterocycles. The molecule has 0 heterocycles. The number of hydrogen-bond donors (Lipinski definition) is 7. The Morgan fingerprint density at radius 1 is 0.893 bits per heavy atom. The van der Waals surface area contributed by atoms with Crippen LogP contribution in [0.4, 0.5) is 0 Å². The number of carbonyl (C=O) groups excluding carboxylic acids is 1. The zero-order chi connectivity index (χ0) is 20.6. The number of phosphoric acid groups is 3. The van der Waals surface area contributed by atoms with Gasteiger partial charge in [0.2, 0.25) is 0 Å². The average Bonchev–Trinajstić information content (AvgIpc) is 2.39. The van der Waals surface area contributed by atoms with Gasteiger partial charge < -0.3 is 54.6 Å². The molecule has 0 aromatic rings. The molecule has 22 heteroatoms. The quantitative estimate of drug-likeness (QED) is 0.113. The van der Waals surface area contributed by atoms with Gasteiger partial charge in [0.15, 0.2) is 5.78 Å². The van der Waals surface area contributed by atoms with Crippen LogP contribution in [0.25, 0.3) is 0 Å². The SMILES string of the molecule is O=C(CO)[C@@H](O)[C@H](O)[C@H](O)CO.O=P([O-])([O-])OP(=O)([O-])OP(=O)(O)O.[Na+].[Na+].[Na+]. The van der Waals surface area contributed by atoms with E-state index in [0.717, 1.165) is 0 Å². The molecule has 0 saturated carbocycles. The molecule has 0 saturated heterocycles. The molecule has 0 spiro atoms. The Hall–Kier alpha value is 2.88. The molecular formula is C6H14Na3O16P3. The Morgan fingerprint density at radius 3 is 1.54 bits per heavy atom. The van der Waals surface area contributed by atoms with Gasteiger partial charge in [-0.2, -0.15) is 0 Å². The van der Waals surface area contributed by atoms with Crippen LogP contribution in [0.5, 0.6) is 0 Å². The van der Waals surface area contributed by atoms with E-state index in [0.29, 0.717) is 0 Å². The average molecular weight is 504 g/mol. The summed E-state index contributed by atoms with van der Waals surface area (Å²) in [5, 5.41) is 43.1. The molecule has 28 heavy (non-hydrogen) atoms. The van der Waals surface area contributed by atoms with Crippen LogP contribution in [0.3, 0.4) is 0 Å². The van der Waals surface area contributed by atoms with E-state index < -0.39 is 60.8 Å². The van der Waals surface area contributed by atoms with Crippen LogP contribution >= 0.6 is 23.5 Å². The second kappa shape index (κ2) is 18.3. The molecule has 0 aromatic carbocycles. The Labute approximate surface area is 224 Å². The van der Waals surface area contributed by atoms with Gasteiger partial charge in [-0.25, -0.2) is 8.88 Å². The Morgan fingerprint density at radius 2 is 1.29 bits per heavy atom. The summed E-state index contributed by atoms with van der Waals surface area (Å²) >= 11 is 0. The first-order valence-corrected chi connectivity index (χ1v) is 10.0. The predicted octanol–water partition coefficient (Wildman–Crippen LogP) is -15.0. The summed E-state index contributed by atoms with van der Waals surface area (Å²) in [7, 11) is -17.2. The van der Waals surface area contributed by atoms with Crippen molar-refractivity contribution in [3.8, 4) is 0 Å². The third-order valence-electron chi connectivity index (χ3n) is 1.80. The van der Waals surface area contributed by atoms with Crippen molar-refractivity contribution in [3.63, 3.8) is 0 Å². The van der Waals surface area contributed by atoms with Gasteiger partial charge >= 0.3 is 96.5 Å². The Bertz CT molecular complexity index is 534. The summed E-state index contributed by atoms with van der Waals surface area (Å²) in [5.74, 6) is -1.00. The topological polar surface area (TPSA) is 298 Å². The minimum Gasteiger partial charge on any atom is -0.790 e. The molecule has 0 bridgehead atoms. The summed E-state index contributed by atoms with van der Waals surface area (Å²) in [6, 6.07) is 0. The maximum absolute atomic E-state index is 10.5. The molecule has 0 fully saturated rings. The first-order valence-electron chi connectivity index (χ1n) is 5.55. The Balaban J connectivity index is -0.000000114. The van der Waals surface area contributed by atoms with Crippen molar-refractivity contribution in [2.24, 2.45) is 0 Å². The molecule has 0 rings (SSSR count). The zero-order valence-electron chi connectivity index (χ0n) is 14.8. The van der Waals surface area contributed by atoms with Crippen LogP contribution in [0.15, 0.2) is 0 Å². The van der Waals surface area contributed by atoms with E-state index in [1.165, 1.54) is 0 Å². The van der Waals surface area contributed by atoms with E-state index in [1.807, 2.05) is 0 Å². The third-order valence-corrected chi connectivity index (χ3v) is 5.05. The molecular weight excluding hydrogens is 490 g/mol. The smallest absolute Gasteiger partial charge is 0.790 e.